The van der Waals surface area contributed by atoms with Gasteiger partial charge < -0.3 is 9.88 Å². The van der Waals surface area contributed by atoms with Gasteiger partial charge in [0, 0.05) is 24.9 Å². The van der Waals surface area contributed by atoms with Crippen LogP contribution < -0.4 is 0 Å². The van der Waals surface area contributed by atoms with E-state index >= 15 is 0 Å². The number of carbonyl (C=O) groups excluding carboxylic acids is 3. The van der Waals surface area contributed by atoms with Crippen LogP contribution in [0.5, 0.6) is 0 Å². The molecule has 1 aromatic heterocycles. The number of fused-ring (bicyclic) bond motifs is 3. The smallest absolute Gasteiger partial charge is 0.242 e. The third-order valence-electron chi connectivity index (χ3n) is 8.37. The molecule has 5 rings (SSSR count). The van der Waals surface area contributed by atoms with Crippen LogP contribution in [0.2, 0.25) is 0 Å². The molecule has 1 N–H and O–H groups in total. The van der Waals surface area contributed by atoms with E-state index in [-0.39, 0.29) is 41.5 Å². The number of aromatic amines is 1. The van der Waals surface area contributed by atoms with Crippen molar-refractivity contribution in [3.05, 3.63) is 30.1 Å². The van der Waals surface area contributed by atoms with Crippen molar-refractivity contribution in [2.45, 2.75) is 52.4 Å². The second kappa shape index (κ2) is 6.90. The molecule has 0 unspecified atom stereocenters. The van der Waals surface area contributed by atoms with Gasteiger partial charge in [0.25, 0.3) is 0 Å². The summed E-state index contributed by atoms with van der Waals surface area (Å²) in [4.78, 5) is 50.6. The Kier molecular flexibility index (Phi) is 4.50. The largest absolute Gasteiger partial charge is 0.342 e. The van der Waals surface area contributed by atoms with Gasteiger partial charge in [-0.05, 0) is 43.2 Å². The van der Waals surface area contributed by atoms with Crippen LogP contribution in [0.15, 0.2) is 24.3 Å². The Balaban J connectivity index is 1.31. The van der Waals surface area contributed by atoms with Gasteiger partial charge in [-0.3, -0.25) is 19.3 Å². The van der Waals surface area contributed by atoms with E-state index in [0.717, 1.165) is 36.1 Å². The molecule has 3 aliphatic rings. The summed E-state index contributed by atoms with van der Waals surface area (Å²) in [7, 11) is 0. The molecule has 2 aliphatic heterocycles. The highest BCUT2D eigenvalue weighted by atomic mass is 16.2. The molecule has 3 amide bonds. The minimum Gasteiger partial charge on any atom is -0.342 e. The molecule has 2 aromatic rings. The molecule has 0 spiro atoms. The van der Waals surface area contributed by atoms with Crippen LogP contribution in [0.25, 0.3) is 11.0 Å². The van der Waals surface area contributed by atoms with Gasteiger partial charge in [-0.2, -0.15) is 0 Å². The summed E-state index contributed by atoms with van der Waals surface area (Å²) in [5.74, 6) is 0.333. The van der Waals surface area contributed by atoms with Crippen LogP contribution in [0.1, 0.15) is 58.2 Å². The van der Waals surface area contributed by atoms with E-state index in [9.17, 15) is 14.4 Å². The molecule has 2 bridgehead atoms. The molecule has 7 heteroatoms. The van der Waals surface area contributed by atoms with E-state index in [4.69, 9.17) is 4.98 Å². The maximum atomic E-state index is 13.3. The monoisotopic (exact) mass is 422 g/mol. The van der Waals surface area contributed by atoms with Gasteiger partial charge in [-0.15, -0.1) is 0 Å². The average Bonchev–Trinajstić information content (AvgIpc) is 3.27. The number of imide groups is 1. The van der Waals surface area contributed by atoms with Crippen molar-refractivity contribution in [3.63, 3.8) is 0 Å². The van der Waals surface area contributed by atoms with Crippen molar-refractivity contribution in [1.82, 2.24) is 19.8 Å². The number of hydrogen-bond donors (Lipinski definition) is 1. The minimum absolute atomic E-state index is 0.130. The zero-order valence-electron chi connectivity index (χ0n) is 18.5. The molecule has 7 nitrogen and oxygen atoms in total. The van der Waals surface area contributed by atoms with Gasteiger partial charge in [0.2, 0.25) is 17.7 Å². The summed E-state index contributed by atoms with van der Waals surface area (Å²) in [6.07, 6.45) is 3.26. The maximum Gasteiger partial charge on any atom is 0.242 e. The minimum atomic E-state index is -0.579. The number of nitrogens with one attached hydrogen (secondary N) is 1. The first-order valence-corrected chi connectivity index (χ1v) is 11.3. The molecule has 164 valence electrons. The van der Waals surface area contributed by atoms with Gasteiger partial charge in [0.15, 0.2) is 0 Å². The Labute approximate surface area is 182 Å². The second-order valence-electron chi connectivity index (χ2n) is 10.2. The molecule has 31 heavy (non-hydrogen) atoms. The summed E-state index contributed by atoms with van der Waals surface area (Å²) in [5.41, 5.74) is 0.983. The Hall–Kier alpha value is -2.70. The second-order valence-corrected chi connectivity index (χ2v) is 10.2. The lowest BCUT2D eigenvalue weighted by molar-refractivity contribution is -0.170. The van der Waals surface area contributed by atoms with E-state index in [2.05, 4.69) is 4.98 Å². The average molecular weight is 423 g/mol. The van der Waals surface area contributed by atoms with Crippen LogP contribution in [0, 0.1) is 16.7 Å². The summed E-state index contributed by atoms with van der Waals surface area (Å²) < 4.78 is 0. The number of carbonyl (C=O) groups is 3. The first-order valence-electron chi connectivity index (χ1n) is 11.3. The molecular weight excluding hydrogens is 392 g/mol. The Bertz CT molecular complexity index is 1040. The lowest BCUT2D eigenvalue weighted by Crippen LogP contribution is -2.61. The van der Waals surface area contributed by atoms with E-state index < -0.39 is 5.41 Å². The summed E-state index contributed by atoms with van der Waals surface area (Å²) in [5, 5.41) is 0. The molecule has 1 aliphatic carbocycles. The molecular formula is C24H30N4O3. The number of aromatic nitrogens is 2. The fourth-order valence-electron chi connectivity index (χ4n) is 5.88. The SMILES string of the molecule is CC1(C)[C@H]2CC[C@]1(C)C(=O)N(CC(=O)N1CCC[C@H](c3nc4ccccc4[nH]3)C1)C2=O. The van der Waals surface area contributed by atoms with E-state index in [0.29, 0.717) is 19.5 Å². The third-order valence-corrected chi connectivity index (χ3v) is 8.37. The number of rotatable bonds is 3. The predicted molar refractivity (Wildman–Crippen MR) is 116 cm³/mol. The van der Waals surface area contributed by atoms with Gasteiger partial charge in [0.1, 0.15) is 12.4 Å². The number of benzene rings is 1. The molecule has 2 saturated heterocycles. The topological polar surface area (TPSA) is 86.4 Å². The van der Waals surface area contributed by atoms with Crippen molar-refractivity contribution in [2.24, 2.45) is 16.7 Å². The zero-order valence-corrected chi connectivity index (χ0v) is 18.5. The molecule has 3 heterocycles. The Morgan fingerprint density at radius 3 is 2.74 bits per heavy atom. The number of amides is 3. The van der Waals surface area contributed by atoms with Gasteiger partial charge in [0.05, 0.1) is 16.4 Å². The fourth-order valence-corrected chi connectivity index (χ4v) is 5.88. The molecule has 0 radical (unpaired) electrons. The predicted octanol–water partition coefficient (Wildman–Crippen LogP) is 3.08. The number of likely N-dealkylation sites (tertiary alicyclic amines) is 2. The van der Waals surface area contributed by atoms with Crippen molar-refractivity contribution < 1.29 is 14.4 Å². The van der Waals surface area contributed by atoms with E-state index in [1.807, 2.05) is 45.0 Å². The molecule has 1 saturated carbocycles. The van der Waals surface area contributed by atoms with Crippen LogP contribution in [-0.2, 0) is 14.4 Å². The van der Waals surface area contributed by atoms with Gasteiger partial charge in [-0.1, -0.05) is 32.9 Å². The number of hydrogen-bond acceptors (Lipinski definition) is 4. The van der Waals surface area contributed by atoms with Crippen molar-refractivity contribution >= 4 is 28.8 Å². The first kappa shape index (κ1) is 20.2. The van der Waals surface area contributed by atoms with Crippen molar-refractivity contribution in [1.29, 1.82) is 0 Å². The number of para-hydroxylation sites is 2. The summed E-state index contributed by atoms with van der Waals surface area (Å²) in [6, 6.07) is 7.92. The van der Waals surface area contributed by atoms with Gasteiger partial charge in [-0.25, -0.2) is 4.98 Å². The highest BCUT2D eigenvalue weighted by molar-refractivity contribution is 6.06. The summed E-state index contributed by atoms with van der Waals surface area (Å²) >= 11 is 0. The zero-order chi connectivity index (χ0) is 22.0. The number of H-pyrrole nitrogens is 1. The lowest BCUT2D eigenvalue weighted by atomic mass is 9.62. The quantitative estimate of drug-likeness (QED) is 0.770. The molecule has 1 aromatic carbocycles. The molecule has 3 atom stereocenters. The van der Waals surface area contributed by atoms with Gasteiger partial charge >= 0.3 is 0 Å². The Morgan fingerprint density at radius 2 is 1.97 bits per heavy atom. The van der Waals surface area contributed by atoms with Crippen LogP contribution in [0.4, 0.5) is 0 Å². The summed E-state index contributed by atoms with van der Waals surface area (Å²) in [6.45, 7) is 7.05. The maximum absolute atomic E-state index is 13.3. The number of piperidine rings is 2. The van der Waals surface area contributed by atoms with Crippen LogP contribution in [-0.4, -0.2) is 57.1 Å². The Morgan fingerprint density at radius 1 is 1.19 bits per heavy atom. The molecule has 3 fully saturated rings. The van der Waals surface area contributed by atoms with Crippen LogP contribution >= 0.6 is 0 Å². The van der Waals surface area contributed by atoms with E-state index in [1.54, 1.807) is 4.90 Å². The number of nitrogens with zero attached hydrogens (tertiary/aromatic N) is 3. The van der Waals surface area contributed by atoms with E-state index in [1.165, 1.54) is 4.90 Å². The standard InChI is InChI=1S/C24H30N4O3/c1-23(2)16-10-11-24(23,3)22(31)28(21(16)30)14-19(29)27-12-6-7-15(13-27)20-25-17-8-4-5-9-18(17)26-20/h4-5,8-9,15-16H,6-7,10-14H2,1-3H3,(H,25,26)/t15-,16-,24+/m0/s1. The van der Waals surface area contributed by atoms with Crippen molar-refractivity contribution in [2.75, 3.05) is 19.6 Å². The van der Waals surface area contributed by atoms with Crippen molar-refractivity contribution in [3.8, 4) is 0 Å². The highest BCUT2D eigenvalue weighted by Gasteiger charge is 2.64. The number of imidazole rings is 1. The first-order chi connectivity index (χ1) is 14.7. The fraction of sp³-hybridized carbons (Fsp3) is 0.583. The lowest BCUT2D eigenvalue weighted by Gasteiger charge is -2.47. The normalized spacial score (nSPS) is 30.3. The highest BCUT2D eigenvalue weighted by Crippen LogP contribution is 2.60. The third kappa shape index (κ3) is 2.92. The van der Waals surface area contributed by atoms with Crippen LogP contribution in [0.3, 0.4) is 0 Å².